The van der Waals surface area contributed by atoms with E-state index in [1.807, 2.05) is 45.3 Å². The molecule has 2 saturated heterocycles. The fourth-order valence-electron chi connectivity index (χ4n) is 18.8. The van der Waals surface area contributed by atoms with Crippen molar-refractivity contribution in [3.8, 4) is 50.0 Å². The van der Waals surface area contributed by atoms with Gasteiger partial charge < -0.3 is 27.8 Å². The monoisotopic (exact) mass is 2050 g/mol. The minimum Gasteiger partial charge on any atom is -0.399 e. The van der Waals surface area contributed by atoms with Gasteiger partial charge in [-0.1, -0.05) is 328 Å². The number of hydrogen-bond acceptors (Lipinski definition) is 16. The minimum atomic E-state index is -0.375. The molecule has 0 radical (unpaired) electrons. The fraction of sp³-hybridized carbons (Fsp3) is 0.564. The smallest absolute Gasteiger partial charge is 0.399 e. The van der Waals surface area contributed by atoms with E-state index in [1.165, 1.54) is 339 Å². The van der Waals surface area contributed by atoms with E-state index in [2.05, 4.69) is 249 Å². The first-order chi connectivity index (χ1) is 63.8. The summed E-state index contributed by atoms with van der Waals surface area (Å²) in [6, 6.07) is 37.2. The van der Waals surface area contributed by atoms with E-state index < -0.39 is 0 Å². The largest absolute Gasteiger partial charge is 0.494 e. The van der Waals surface area contributed by atoms with Crippen molar-refractivity contribution in [1.82, 2.24) is 29.1 Å². The standard InChI is InChI=1S/C50H65N3S4.C32H47B2NO4.C28H36Br2N2S4/c1-6-9-12-15-18-21-24-38-32-36(5)54-45(38)47-51-49-50(56-47)52-48(57-49)46-39(25-22-19-16-13-10-7-2)34-44(55-46)37-27-29-41-40-28-26-35(4)31-42(40)53(43(41)33-37)30-23-20-17-14-11-8-3;1-10-11-12-13-14-15-20-35-27-21-23(33-36-29(2,3)30(4,5)37-33)16-18-25(27)26-19-17-24(22-28(26)35)34-38-31(6,7)32(8,9)39-34;1-3-5-7-9-11-13-15-19-17-21(29)33-23(19)25-31-27-28(35-25)32-26(36-27)24-20(18-22(30)34-24)16-14-12-10-8-6-4-2/h26-29,31-34H,6-25,30H2,1-5H3;16-19,21-22H,10-15,20H2,1-9H3;17-18H,3-16H2,1-2H3. The number of unbranched alkanes of at least 4 members (excludes halogenated alkanes) is 30. The molecule has 0 amide bonds. The predicted octanol–water partition coefficient (Wildman–Crippen LogP) is 37.1. The predicted molar refractivity (Wildman–Crippen MR) is 593 cm³/mol. The normalized spacial score (nSPS) is 14.7. The van der Waals surface area contributed by atoms with Gasteiger partial charge in [-0.15, -0.1) is 45.3 Å². The second-order valence-electron chi connectivity index (χ2n) is 39.7. The maximum atomic E-state index is 6.41. The Labute approximate surface area is 840 Å². The van der Waals surface area contributed by atoms with Crippen LogP contribution in [-0.2, 0) is 57.4 Å². The molecule has 0 bridgehead atoms. The van der Waals surface area contributed by atoms with Crippen molar-refractivity contribution in [2.45, 2.75) is 403 Å². The van der Waals surface area contributed by atoms with Gasteiger partial charge >= 0.3 is 14.2 Å². The molecule has 0 saturated carbocycles. The van der Waals surface area contributed by atoms with Crippen LogP contribution in [0.3, 0.4) is 0 Å². The number of fused-ring (bicyclic) bond motifs is 8. The van der Waals surface area contributed by atoms with Crippen LogP contribution >= 0.6 is 123 Å². The van der Waals surface area contributed by atoms with Crippen LogP contribution in [0.4, 0.5) is 0 Å². The molecule has 22 heteroatoms. The van der Waals surface area contributed by atoms with Crippen molar-refractivity contribution in [1.29, 1.82) is 0 Å². The summed E-state index contributed by atoms with van der Waals surface area (Å²) in [7, 11) is -0.750. The minimum absolute atomic E-state index is 0.366. The molecule has 0 spiro atoms. The molecule has 0 unspecified atom stereocenters. The number of hydrogen-bond donors (Lipinski definition) is 0. The van der Waals surface area contributed by atoms with Gasteiger partial charge in [-0.25, -0.2) is 19.9 Å². The molecule has 2 aliphatic rings. The lowest BCUT2D eigenvalue weighted by molar-refractivity contribution is 0.00578. The first kappa shape index (κ1) is 103. The summed E-state index contributed by atoms with van der Waals surface area (Å²) in [6.07, 6.45) is 51.9. The number of thiazole rings is 4. The average molecular weight is 2060 g/mol. The molecular formula is C110H148B2Br2N6O4S8. The van der Waals surface area contributed by atoms with E-state index in [-0.39, 0.29) is 36.6 Å². The van der Waals surface area contributed by atoms with Crippen molar-refractivity contribution < 1.29 is 18.6 Å². The van der Waals surface area contributed by atoms with Crippen LogP contribution < -0.4 is 10.9 Å². The molecule has 10 nitrogen and oxygen atoms in total. The number of aromatic nitrogens is 6. The van der Waals surface area contributed by atoms with Crippen LogP contribution in [0.5, 0.6) is 0 Å². The van der Waals surface area contributed by atoms with Crippen LogP contribution in [-0.4, -0.2) is 65.7 Å². The van der Waals surface area contributed by atoms with E-state index >= 15 is 0 Å². The lowest BCUT2D eigenvalue weighted by Crippen LogP contribution is -2.41. The molecule has 0 atom stereocenters. The second-order valence-corrected chi connectivity index (χ2v) is 50.8. The van der Waals surface area contributed by atoms with Crippen LogP contribution in [0.15, 0.2) is 105 Å². The van der Waals surface area contributed by atoms with Crippen LogP contribution in [0.2, 0.25) is 0 Å². The van der Waals surface area contributed by atoms with Crippen LogP contribution in [0.25, 0.3) is 113 Å². The molecule has 4 aromatic carbocycles. The van der Waals surface area contributed by atoms with Gasteiger partial charge in [0, 0.05) is 66.5 Å². The zero-order valence-corrected chi connectivity index (χ0v) is 92.1. The van der Waals surface area contributed by atoms with Crippen molar-refractivity contribution in [3.63, 3.8) is 0 Å². The summed E-state index contributed by atoms with van der Waals surface area (Å²) >= 11 is 22.1. The highest BCUT2D eigenvalue weighted by atomic mass is 79.9. The summed E-state index contributed by atoms with van der Waals surface area (Å²) in [6.45, 7) is 37.1. The third kappa shape index (κ3) is 25.9. The molecule has 14 aromatic rings. The van der Waals surface area contributed by atoms with E-state index in [0.717, 1.165) is 95.5 Å². The second kappa shape index (κ2) is 48.9. The maximum Gasteiger partial charge on any atom is 0.494 e. The van der Waals surface area contributed by atoms with Crippen molar-refractivity contribution in [2.75, 3.05) is 0 Å². The van der Waals surface area contributed by atoms with Gasteiger partial charge in [0.05, 0.1) is 49.5 Å². The quantitative estimate of drug-likeness (QED) is 0.0275. The first-order valence-corrected chi connectivity index (χ1v) is 59.1. The number of halogens is 2. The summed E-state index contributed by atoms with van der Waals surface area (Å²) in [5, 5.41) is 9.85. The zero-order valence-electron chi connectivity index (χ0n) is 82.4. The first-order valence-electron chi connectivity index (χ1n) is 51.0. The molecule has 710 valence electrons. The number of rotatable bonds is 49. The number of aryl methyl sites for hydroxylation is 8. The summed E-state index contributed by atoms with van der Waals surface area (Å²) in [5.74, 6) is 0. The van der Waals surface area contributed by atoms with E-state index in [4.69, 9.17) is 38.6 Å². The van der Waals surface area contributed by atoms with Gasteiger partial charge in [-0.05, 0) is 258 Å². The molecular weight excluding hydrogens is 1910 g/mol. The molecule has 10 aromatic heterocycles. The van der Waals surface area contributed by atoms with E-state index in [0.29, 0.717) is 0 Å². The van der Waals surface area contributed by atoms with Crippen molar-refractivity contribution in [3.05, 3.63) is 137 Å². The van der Waals surface area contributed by atoms with Gasteiger partial charge in [-0.3, -0.25) is 0 Å². The van der Waals surface area contributed by atoms with Crippen molar-refractivity contribution >= 4 is 211 Å². The van der Waals surface area contributed by atoms with Crippen molar-refractivity contribution in [2.24, 2.45) is 0 Å². The Bertz CT molecular complexity index is 5740. The van der Waals surface area contributed by atoms with Gasteiger partial charge in [-0.2, -0.15) is 0 Å². The molecule has 2 aliphatic heterocycles. The Morgan fingerprint density at radius 1 is 0.295 bits per heavy atom. The third-order valence-corrected chi connectivity index (χ3v) is 38.3. The number of nitrogens with zero attached hydrogens (tertiary/aromatic N) is 6. The fourth-order valence-corrected chi connectivity index (χ4v) is 29.0. The maximum absolute atomic E-state index is 6.41. The Morgan fingerprint density at radius 2 is 0.583 bits per heavy atom. The molecule has 0 aliphatic carbocycles. The summed E-state index contributed by atoms with van der Waals surface area (Å²) in [5.41, 5.74) is 14.4. The highest BCUT2D eigenvalue weighted by Crippen LogP contribution is 2.50. The number of thiophene rings is 4. The van der Waals surface area contributed by atoms with Gasteiger partial charge in [0.15, 0.2) is 19.3 Å². The molecule has 0 N–H and O–H groups in total. The lowest BCUT2D eigenvalue weighted by atomic mass is 9.78. The van der Waals surface area contributed by atoms with Crippen LogP contribution in [0.1, 0.15) is 361 Å². The summed E-state index contributed by atoms with van der Waals surface area (Å²) < 4.78 is 33.2. The van der Waals surface area contributed by atoms with Crippen LogP contribution in [0, 0.1) is 13.8 Å². The average Bonchev–Trinajstić information content (AvgIpc) is 1.59. The van der Waals surface area contributed by atoms with E-state index in [9.17, 15) is 0 Å². The Morgan fingerprint density at radius 3 is 0.947 bits per heavy atom. The Hall–Kier alpha value is -4.75. The molecule has 16 rings (SSSR count). The van der Waals surface area contributed by atoms with Gasteiger partial charge in [0.2, 0.25) is 0 Å². The number of benzene rings is 4. The molecule has 132 heavy (non-hydrogen) atoms. The Balaban J connectivity index is 0.000000165. The molecule has 2 fully saturated rings. The highest BCUT2D eigenvalue weighted by molar-refractivity contribution is 9.11. The summed E-state index contributed by atoms with van der Waals surface area (Å²) in [4.78, 5) is 33.3. The third-order valence-electron chi connectivity index (χ3n) is 28.0. The zero-order chi connectivity index (χ0) is 93.1. The SMILES string of the molecule is CCCCCCCCc1cc(Br)sc1-c1nc2sc(-c3sc(Br)cc3CCCCCCCC)nc2s1.CCCCCCCCc1cc(C)sc1-c1nc2sc(-c3sc(-c4ccc5c6ccc(C)cc6n(CCCCCCCC)c5c4)cc3CCCCCCCC)nc2s1.CCCCCCCCn1c2cc(B3OC(C)(C)C(C)(C)O3)ccc2c2ccc(B3OC(C)(C)C(C)(C)O3)cc21. The Kier molecular flexibility index (Phi) is 38.2. The topological polar surface area (TPSA) is 98.3 Å². The van der Waals surface area contributed by atoms with Gasteiger partial charge in [0.1, 0.15) is 20.0 Å². The van der Waals surface area contributed by atoms with Gasteiger partial charge in [0.25, 0.3) is 0 Å². The lowest BCUT2D eigenvalue weighted by Gasteiger charge is -2.32. The van der Waals surface area contributed by atoms with E-state index in [1.54, 1.807) is 45.3 Å². The highest BCUT2D eigenvalue weighted by Gasteiger charge is 2.53. The molecule has 12 heterocycles.